The van der Waals surface area contributed by atoms with Crippen molar-refractivity contribution in [3.8, 4) is 5.75 Å². The first-order chi connectivity index (χ1) is 8.09. The number of hydrogen-bond donors (Lipinski definition) is 1. The summed E-state index contributed by atoms with van der Waals surface area (Å²) in [6, 6.07) is 4.70. The molecule has 1 fully saturated rings. The molecule has 0 aromatic heterocycles. The van der Waals surface area contributed by atoms with Crippen LogP contribution in [0.5, 0.6) is 5.75 Å². The number of carboxylic acids is 1. The number of carboxylic acid groups (broad SMARTS) is 1. The number of halogens is 1. The average Bonchev–Trinajstić information content (AvgIpc) is 2.23. The molecule has 0 radical (unpaired) electrons. The standard InChI is InChI=1S/C13H15FO3/c1-17-12-9(4-2-5-10(12)14)13(6-3-7-13)8-11(15)16/h2,4-5H,3,6-8H2,1H3,(H,15,16). The fraction of sp³-hybridized carbons (Fsp3) is 0.462. The highest BCUT2D eigenvalue weighted by molar-refractivity contribution is 5.70. The molecular weight excluding hydrogens is 223 g/mol. The minimum Gasteiger partial charge on any atom is -0.493 e. The number of aliphatic carboxylic acids is 1. The van der Waals surface area contributed by atoms with E-state index in [-0.39, 0.29) is 12.2 Å². The van der Waals surface area contributed by atoms with Crippen molar-refractivity contribution < 1.29 is 19.0 Å². The van der Waals surface area contributed by atoms with Crippen LogP contribution in [0, 0.1) is 5.82 Å². The van der Waals surface area contributed by atoms with Crippen molar-refractivity contribution in [2.75, 3.05) is 7.11 Å². The molecular formula is C13H15FO3. The van der Waals surface area contributed by atoms with Gasteiger partial charge in [0.25, 0.3) is 0 Å². The zero-order valence-corrected chi connectivity index (χ0v) is 9.70. The summed E-state index contributed by atoms with van der Waals surface area (Å²) in [5.41, 5.74) is 0.243. The van der Waals surface area contributed by atoms with E-state index in [0.29, 0.717) is 5.56 Å². The molecule has 1 N–H and O–H groups in total. The molecule has 0 spiro atoms. The van der Waals surface area contributed by atoms with E-state index >= 15 is 0 Å². The second kappa shape index (κ2) is 4.35. The smallest absolute Gasteiger partial charge is 0.304 e. The van der Waals surface area contributed by atoms with Crippen molar-refractivity contribution in [1.82, 2.24) is 0 Å². The van der Waals surface area contributed by atoms with Gasteiger partial charge in [0.1, 0.15) is 0 Å². The van der Waals surface area contributed by atoms with Crippen molar-refractivity contribution >= 4 is 5.97 Å². The summed E-state index contributed by atoms with van der Waals surface area (Å²) < 4.78 is 18.7. The van der Waals surface area contributed by atoms with Crippen LogP contribution >= 0.6 is 0 Å². The molecule has 0 saturated heterocycles. The van der Waals surface area contributed by atoms with Crippen LogP contribution in [0.25, 0.3) is 0 Å². The van der Waals surface area contributed by atoms with E-state index in [9.17, 15) is 9.18 Å². The van der Waals surface area contributed by atoms with Gasteiger partial charge in [-0.2, -0.15) is 0 Å². The quantitative estimate of drug-likeness (QED) is 0.877. The highest BCUT2D eigenvalue weighted by atomic mass is 19.1. The fourth-order valence-electron chi connectivity index (χ4n) is 2.57. The van der Waals surface area contributed by atoms with Crippen LogP contribution < -0.4 is 4.74 Å². The van der Waals surface area contributed by atoms with Crippen molar-refractivity contribution in [3.05, 3.63) is 29.6 Å². The SMILES string of the molecule is COc1c(F)cccc1C1(CC(=O)O)CCC1. The number of rotatable bonds is 4. The molecule has 0 bridgehead atoms. The molecule has 0 atom stereocenters. The van der Waals surface area contributed by atoms with E-state index in [4.69, 9.17) is 9.84 Å². The van der Waals surface area contributed by atoms with E-state index in [1.54, 1.807) is 12.1 Å². The Balaban J connectivity index is 2.44. The van der Waals surface area contributed by atoms with Gasteiger partial charge in [-0.3, -0.25) is 4.79 Å². The molecule has 92 valence electrons. The molecule has 1 aromatic rings. The molecule has 1 aliphatic carbocycles. The maximum atomic E-state index is 13.6. The summed E-state index contributed by atoms with van der Waals surface area (Å²) in [6.07, 6.45) is 2.57. The van der Waals surface area contributed by atoms with Crippen LogP contribution in [0.4, 0.5) is 4.39 Å². The molecule has 1 aliphatic rings. The van der Waals surface area contributed by atoms with Gasteiger partial charge in [0, 0.05) is 11.0 Å². The Kier molecular flexibility index (Phi) is 3.05. The largest absolute Gasteiger partial charge is 0.493 e. The number of carbonyl (C=O) groups is 1. The summed E-state index contributed by atoms with van der Waals surface area (Å²) in [5, 5.41) is 8.97. The number of methoxy groups -OCH3 is 1. The molecule has 0 aliphatic heterocycles. The molecule has 2 rings (SSSR count). The van der Waals surface area contributed by atoms with Crippen LogP contribution in [-0.4, -0.2) is 18.2 Å². The van der Waals surface area contributed by atoms with Gasteiger partial charge in [0.05, 0.1) is 13.5 Å². The number of hydrogen-bond acceptors (Lipinski definition) is 2. The van der Waals surface area contributed by atoms with Gasteiger partial charge in [-0.05, 0) is 18.9 Å². The molecule has 17 heavy (non-hydrogen) atoms. The third kappa shape index (κ3) is 1.99. The fourth-order valence-corrected chi connectivity index (χ4v) is 2.57. The first-order valence-corrected chi connectivity index (χ1v) is 5.64. The predicted octanol–water partition coefficient (Wildman–Crippen LogP) is 2.73. The van der Waals surface area contributed by atoms with Crippen molar-refractivity contribution in [1.29, 1.82) is 0 Å². The van der Waals surface area contributed by atoms with E-state index < -0.39 is 17.2 Å². The zero-order valence-electron chi connectivity index (χ0n) is 9.70. The lowest BCUT2D eigenvalue weighted by molar-refractivity contribution is -0.139. The normalized spacial score (nSPS) is 17.3. The molecule has 1 saturated carbocycles. The lowest BCUT2D eigenvalue weighted by atomic mass is 9.62. The summed E-state index contributed by atoms with van der Waals surface area (Å²) in [4.78, 5) is 10.9. The number of para-hydroxylation sites is 1. The lowest BCUT2D eigenvalue weighted by Gasteiger charge is -2.42. The van der Waals surface area contributed by atoms with Crippen LogP contribution in [0.15, 0.2) is 18.2 Å². The van der Waals surface area contributed by atoms with Crippen LogP contribution in [-0.2, 0) is 10.2 Å². The van der Waals surface area contributed by atoms with Gasteiger partial charge in [-0.1, -0.05) is 18.6 Å². The Labute approximate surface area is 99.2 Å². The van der Waals surface area contributed by atoms with Crippen molar-refractivity contribution in [3.63, 3.8) is 0 Å². The van der Waals surface area contributed by atoms with E-state index in [1.807, 2.05) is 0 Å². The van der Waals surface area contributed by atoms with Gasteiger partial charge in [0.2, 0.25) is 0 Å². The predicted molar refractivity (Wildman–Crippen MR) is 60.7 cm³/mol. The second-order valence-corrected chi connectivity index (χ2v) is 4.53. The molecule has 0 heterocycles. The molecule has 0 unspecified atom stereocenters. The topological polar surface area (TPSA) is 46.5 Å². The highest BCUT2D eigenvalue weighted by Gasteiger charge is 2.43. The summed E-state index contributed by atoms with van der Waals surface area (Å²) in [6.45, 7) is 0. The van der Waals surface area contributed by atoms with Gasteiger partial charge in [0.15, 0.2) is 11.6 Å². The highest BCUT2D eigenvalue weighted by Crippen LogP contribution is 2.49. The van der Waals surface area contributed by atoms with Crippen molar-refractivity contribution in [2.45, 2.75) is 31.1 Å². The summed E-state index contributed by atoms with van der Waals surface area (Å²) in [7, 11) is 1.41. The maximum Gasteiger partial charge on any atom is 0.304 e. The summed E-state index contributed by atoms with van der Waals surface area (Å²) in [5.74, 6) is -1.09. The monoisotopic (exact) mass is 238 g/mol. The van der Waals surface area contributed by atoms with Gasteiger partial charge < -0.3 is 9.84 Å². The van der Waals surface area contributed by atoms with E-state index in [1.165, 1.54) is 13.2 Å². The molecule has 3 nitrogen and oxygen atoms in total. The zero-order chi connectivity index (χ0) is 12.5. The minimum atomic E-state index is -0.851. The Morgan fingerprint density at radius 3 is 2.71 bits per heavy atom. The first kappa shape index (κ1) is 11.9. The lowest BCUT2D eigenvalue weighted by Crippen LogP contribution is -2.37. The van der Waals surface area contributed by atoms with E-state index in [2.05, 4.69) is 0 Å². The van der Waals surface area contributed by atoms with Crippen LogP contribution in [0.1, 0.15) is 31.2 Å². The third-order valence-corrected chi connectivity index (χ3v) is 3.54. The molecule has 4 heteroatoms. The molecule has 1 aromatic carbocycles. The second-order valence-electron chi connectivity index (χ2n) is 4.53. The van der Waals surface area contributed by atoms with Gasteiger partial charge in [-0.25, -0.2) is 4.39 Å². The third-order valence-electron chi connectivity index (χ3n) is 3.54. The Bertz CT molecular complexity index is 438. The molecule has 0 amide bonds. The maximum absolute atomic E-state index is 13.6. The Morgan fingerprint density at radius 1 is 1.53 bits per heavy atom. The Hall–Kier alpha value is -1.58. The first-order valence-electron chi connectivity index (χ1n) is 5.64. The van der Waals surface area contributed by atoms with E-state index in [0.717, 1.165) is 19.3 Å². The number of ether oxygens (including phenoxy) is 1. The minimum absolute atomic E-state index is 0.0345. The van der Waals surface area contributed by atoms with Crippen molar-refractivity contribution in [2.24, 2.45) is 0 Å². The van der Waals surface area contributed by atoms with Gasteiger partial charge >= 0.3 is 5.97 Å². The average molecular weight is 238 g/mol. The van der Waals surface area contributed by atoms with Crippen LogP contribution in [0.3, 0.4) is 0 Å². The Morgan fingerprint density at radius 2 is 2.24 bits per heavy atom. The summed E-state index contributed by atoms with van der Waals surface area (Å²) >= 11 is 0. The van der Waals surface area contributed by atoms with Crippen LogP contribution in [0.2, 0.25) is 0 Å². The number of benzene rings is 1. The van der Waals surface area contributed by atoms with Gasteiger partial charge in [-0.15, -0.1) is 0 Å².